The first-order chi connectivity index (χ1) is 9.69. The number of carboxylic acids is 1. The fourth-order valence-electron chi connectivity index (χ4n) is 1.73. The van der Waals surface area contributed by atoms with E-state index in [4.69, 9.17) is 15.6 Å². The van der Waals surface area contributed by atoms with Gasteiger partial charge in [0.25, 0.3) is 0 Å². The zero-order valence-electron chi connectivity index (χ0n) is 12.6. The number of alkyl carbamates (subject to hydrolysis) is 1. The number of hydrogen-bond donors (Lipinski definition) is 3. The summed E-state index contributed by atoms with van der Waals surface area (Å²) in [5.74, 6) is -1.05. The number of aliphatic carboxylic acids is 1. The van der Waals surface area contributed by atoms with E-state index in [0.717, 1.165) is 11.1 Å². The lowest BCUT2D eigenvalue weighted by Gasteiger charge is -2.20. The van der Waals surface area contributed by atoms with Gasteiger partial charge in [-0.15, -0.1) is 0 Å². The first kappa shape index (κ1) is 17.0. The number of rotatable bonds is 5. The number of benzene rings is 1. The molecule has 0 bridgehead atoms. The van der Waals surface area contributed by atoms with Gasteiger partial charge < -0.3 is 20.9 Å². The van der Waals surface area contributed by atoms with Crippen LogP contribution in [0.1, 0.15) is 31.9 Å². The second kappa shape index (κ2) is 7.08. The second-order valence-electron chi connectivity index (χ2n) is 5.77. The average Bonchev–Trinajstić information content (AvgIpc) is 2.35. The van der Waals surface area contributed by atoms with Crippen LogP contribution in [-0.4, -0.2) is 28.8 Å². The van der Waals surface area contributed by atoms with Crippen molar-refractivity contribution in [2.75, 3.05) is 0 Å². The lowest BCUT2D eigenvalue weighted by atomic mass is 10.0. The highest BCUT2D eigenvalue weighted by molar-refractivity contribution is 5.73. The van der Waals surface area contributed by atoms with E-state index < -0.39 is 23.7 Å². The minimum Gasteiger partial charge on any atom is -0.480 e. The molecule has 0 saturated carbocycles. The Balaban J connectivity index is 2.67. The van der Waals surface area contributed by atoms with Crippen molar-refractivity contribution < 1.29 is 19.4 Å². The van der Waals surface area contributed by atoms with Crippen molar-refractivity contribution in [1.29, 1.82) is 0 Å². The molecule has 1 rings (SSSR count). The van der Waals surface area contributed by atoms with Gasteiger partial charge in [0.15, 0.2) is 0 Å². The second-order valence-corrected chi connectivity index (χ2v) is 5.77. The molecule has 1 aromatic carbocycles. The zero-order chi connectivity index (χ0) is 16.0. The van der Waals surface area contributed by atoms with Gasteiger partial charge in [0.2, 0.25) is 0 Å². The minimum absolute atomic E-state index is 0.210. The summed E-state index contributed by atoms with van der Waals surface area (Å²) in [7, 11) is 0. The molecule has 21 heavy (non-hydrogen) atoms. The molecular weight excluding hydrogens is 272 g/mol. The number of nitrogens with one attached hydrogen (secondary N) is 1. The van der Waals surface area contributed by atoms with Crippen LogP contribution in [-0.2, 0) is 22.5 Å². The van der Waals surface area contributed by atoms with Crippen LogP contribution in [0.15, 0.2) is 24.3 Å². The van der Waals surface area contributed by atoms with Crippen LogP contribution in [0.5, 0.6) is 0 Å². The predicted molar refractivity (Wildman–Crippen MR) is 78.8 cm³/mol. The molecule has 1 amide bonds. The molecule has 6 heteroatoms. The van der Waals surface area contributed by atoms with Crippen molar-refractivity contribution in [2.24, 2.45) is 5.73 Å². The average molecular weight is 294 g/mol. The van der Waals surface area contributed by atoms with Crippen molar-refractivity contribution in [2.45, 2.75) is 45.4 Å². The Morgan fingerprint density at radius 1 is 1.29 bits per heavy atom. The van der Waals surface area contributed by atoms with Crippen molar-refractivity contribution >= 4 is 12.1 Å². The summed E-state index contributed by atoms with van der Waals surface area (Å²) >= 11 is 0. The Labute approximate surface area is 124 Å². The molecular formula is C15H22N2O4. The maximum atomic E-state index is 11.6. The fourth-order valence-corrected chi connectivity index (χ4v) is 1.73. The van der Waals surface area contributed by atoms with Gasteiger partial charge in [-0.2, -0.15) is 0 Å². The summed E-state index contributed by atoms with van der Waals surface area (Å²) < 4.78 is 5.15. The number of carboxylic acid groups (broad SMARTS) is 1. The molecule has 0 radical (unpaired) electrons. The van der Waals surface area contributed by atoms with Gasteiger partial charge in [0, 0.05) is 6.54 Å². The van der Waals surface area contributed by atoms with E-state index in [9.17, 15) is 9.59 Å². The van der Waals surface area contributed by atoms with Crippen molar-refractivity contribution in [3.63, 3.8) is 0 Å². The molecule has 0 fully saturated rings. The first-order valence-corrected chi connectivity index (χ1v) is 6.71. The van der Waals surface area contributed by atoms with E-state index in [2.05, 4.69) is 5.32 Å². The van der Waals surface area contributed by atoms with Gasteiger partial charge in [-0.05, 0) is 38.3 Å². The highest BCUT2D eigenvalue weighted by Gasteiger charge is 2.17. The van der Waals surface area contributed by atoms with E-state index in [0.29, 0.717) is 0 Å². The SMILES string of the molecule is CC(C)(C)OC(=O)NCc1ccccc1CC(N)C(=O)O. The van der Waals surface area contributed by atoms with Crippen LogP contribution >= 0.6 is 0 Å². The van der Waals surface area contributed by atoms with E-state index in [1.165, 1.54) is 0 Å². The Bertz CT molecular complexity index is 509. The van der Waals surface area contributed by atoms with E-state index in [1.807, 2.05) is 12.1 Å². The molecule has 0 saturated heterocycles. The number of amides is 1. The molecule has 0 aliphatic heterocycles. The lowest BCUT2D eigenvalue weighted by Crippen LogP contribution is -2.34. The summed E-state index contributed by atoms with van der Waals surface area (Å²) in [6.07, 6.45) is -0.304. The quantitative estimate of drug-likeness (QED) is 0.766. The molecule has 0 aliphatic carbocycles. The van der Waals surface area contributed by atoms with Gasteiger partial charge in [-0.3, -0.25) is 4.79 Å². The molecule has 1 aromatic rings. The van der Waals surface area contributed by atoms with E-state index in [-0.39, 0.29) is 13.0 Å². The lowest BCUT2D eigenvalue weighted by molar-refractivity contribution is -0.138. The van der Waals surface area contributed by atoms with Crippen LogP contribution < -0.4 is 11.1 Å². The Kier molecular flexibility index (Phi) is 5.72. The predicted octanol–water partition coefficient (Wildman–Crippen LogP) is 1.67. The Morgan fingerprint density at radius 2 is 1.86 bits per heavy atom. The van der Waals surface area contributed by atoms with Gasteiger partial charge in [-0.25, -0.2) is 4.79 Å². The molecule has 116 valence electrons. The molecule has 0 aliphatic rings. The number of ether oxygens (including phenoxy) is 1. The smallest absolute Gasteiger partial charge is 0.407 e. The normalized spacial score (nSPS) is 12.6. The van der Waals surface area contributed by atoms with Crippen LogP contribution in [0.4, 0.5) is 4.79 Å². The Morgan fingerprint density at radius 3 is 2.38 bits per heavy atom. The minimum atomic E-state index is -1.05. The highest BCUT2D eigenvalue weighted by Crippen LogP contribution is 2.12. The van der Waals surface area contributed by atoms with E-state index in [1.54, 1.807) is 32.9 Å². The molecule has 0 spiro atoms. The molecule has 6 nitrogen and oxygen atoms in total. The maximum absolute atomic E-state index is 11.6. The van der Waals surface area contributed by atoms with Crippen LogP contribution in [0.3, 0.4) is 0 Å². The monoisotopic (exact) mass is 294 g/mol. The van der Waals surface area contributed by atoms with Crippen LogP contribution in [0, 0.1) is 0 Å². The van der Waals surface area contributed by atoms with Crippen molar-refractivity contribution in [3.05, 3.63) is 35.4 Å². The summed E-state index contributed by atoms with van der Waals surface area (Å²) in [6, 6.07) is 6.28. The summed E-state index contributed by atoms with van der Waals surface area (Å²) in [5.41, 5.74) is 6.60. The van der Waals surface area contributed by atoms with Gasteiger partial charge in [0.1, 0.15) is 11.6 Å². The fraction of sp³-hybridized carbons (Fsp3) is 0.467. The van der Waals surface area contributed by atoms with E-state index >= 15 is 0 Å². The van der Waals surface area contributed by atoms with Gasteiger partial charge in [0.05, 0.1) is 0 Å². The number of carbonyl (C=O) groups excluding carboxylic acids is 1. The molecule has 0 aromatic heterocycles. The van der Waals surface area contributed by atoms with Gasteiger partial charge in [-0.1, -0.05) is 24.3 Å². The summed E-state index contributed by atoms with van der Waals surface area (Å²) in [4.78, 5) is 22.4. The van der Waals surface area contributed by atoms with Gasteiger partial charge >= 0.3 is 12.1 Å². The van der Waals surface area contributed by atoms with Crippen molar-refractivity contribution in [1.82, 2.24) is 5.32 Å². The third-order valence-corrected chi connectivity index (χ3v) is 2.70. The topological polar surface area (TPSA) is 102 Å². The third-order valence-electron chi connectivity index (χ3n) is 2.70. The van der Waals surface area contributed by atoms with Crippen LogP contribution in [0.25, 0.3) is 0 Å². The molecule has 0 heterocycles. The zero-order valence-corrected chi connectivity index (χ0v) is 12.6. The largest absolute Gasteiger partial charge is 0.480 e. The molecule has 1 unspecified atom stereocenters. The summed E-state index contributed by atoms with van der Waals surface area (Å²) in [6.45, 7) is 5.61. The Hall–Kier alpha value is -2.08. The first-order valence-electron chi connectivity index (χ1n) is 6.71. The third kappa shape index (κ3) is 6.27. The number of carbonyl (C=O) groups is 2. The molecule has 1 atom stereocenters. The maximum Gasteiger partial charge on any atom is 0.407 e. The van der Waals surface area contributed by atoms with Crippen molar-refractivity contribution in [3.8, 4) is 0 Å². The summed E-state index contributed by atoms with van der Waals surface area (Å²) in [5, 5.41) is 11.5. The highest BCUT2D eigenvalue weighted by atomic mass is 16.6. The number of nitrogens with two attached hydrogens (primary N) is 1. The number of hydrogen-bond acceptors (Lipinski definition) is 4. The standard InChI is InChI=1S/C15H22N2O4/c1-15(2,3)21-14(20)17-9-11-7-5-4-6-10(11)8-12(16)13(18)19/h4-7,12H,8-9,16H2,1-3H3,(H,17,20)(H,18,19). The van der Waals surface area contributed by atoms with Crippen LogP contribution in [0.2, 0.25) is 0 Å². The molecule has 4 N–H and O–H groups in total.